The molecule has 5 aromatic rings. The lowest BCUT2D eigenvalue weighted by Crippen LogP contribution is -1.83. The van der Waals surface area contributed by atoms with Gasteiger partial charge in [-0.25, -0.2) is 0 Å². The number of nitrogens with one attached hydrogen (secondary N) is 1. The SMILES string of the molecule is c1c[nH]nn1.c1ccc(-c2ccccn2)nc1.c1csc(-c2cccs2)c1. The fraction of sp³-hybridized carbons (Fsp3) is 0. The summed E-state index contributed by atoms with van der Waals surface area (Å²) < 4.78 is 0. The number of thiophene rings is 2. The number of aromatic nitrogens is 5. The molecule has 0 aliphatic rings. The van der Waals surface area contributed by atoms with Crippen molar-refractivity contribution in [2.75, 3.05) is 0 Å². The van der Waals surface area contributed by atoms with Gasteiger partial charge in [-0.05, 0) is 47.2 Å². The van der Waals surface area contributed by atoms with Crippen molar-refractivity contribution in [3.63, 3.8) is 0 Å². The monoisotopic (exact) mass is 391 g/mol. The van der Waals surface area contributed by atoms with Crippen molar-refractivity contribution < 1.29 is 0 Å². The Balaban J connectivity index is 0.000000126. The minimum Gasteiger partial charge on any atom is -0.266 e. The van der Waals surface area contributed by atoms with Gasteiger partial charge in [-0.15, -0.1) is 27.8 Å². The van der Waals surface area contributed by atoms with Crippen molar-refractivity contribution in [3.8, 4) is 21.1 Å². The second-order valence-electron chi connectivity index (χ2n) is 5.04. The number of pyridine rings is 2. The molecule has 7 heteroatoms. The summed E-state index contributed by atoms with van der Waals surface area (Å²) in [5, 5.41) is 13.5. The third-order valence-corrected chi connectivity index (χ3v) is 5.14. The van der Waals surface area contributed by atoms with Crippen molar-refractivity contribution in [3.05, 3.63) is 96.2 Å². The Morgan fingerprint density at radius 3 is 1.52 bits per heavy atom. The maximum atomic E-state index is 4.19. The van der Waals surface area contributed by atoms with E-state index in [9.17, 15) is 0 Å². The third kappa shape index (κ3) is 6.25. The first-order valence-electron chi connectivity index (χ1n) is 8.14. The highest BCUT2D eigenvalue weighted by Crippen LogP contribution is 2.28. The van der Waals surface area contributed by atoms with Gasteiger partial charge in [0.05, 0.1) is 17.6 Å². The molecule has 27 heavy (non-hydrogen) atoms. The summed E-state index contributed by atoms with van der Waals surface area (Å²) in [5.74, 6) is 0. The fourth-order valence-electron chi connectivity index (χ4n) is 2.03. The lowest BCUT2D eigenvalue weighted by Gasteiger charge is -1.96. The molecular weight excluding hydrogens is 374 g/mol. The Hall–Kier alpha value is -3.16. The van der Waals surface area contributed by atoms with Crippen molar-refractivity contribution in [1.82, 2.24) is 25.4 Å². The first-order valence-corrected chi connectivity index (χ1v) is 9.89. The zero-order chi connectivity index (χ0) is 18.6. The van der Waals surface area contributed by atoms with Gasteiger partial charge in [0, 0.05) is 28.3 Å². The number of nitrogens with zero attached hydrogens (tertiary/aromatic N) is 4. The van der Waals surface area contributed by atoms with Gasteiger partial charge in [0.25, 0.3) is 0 Å². The van der Waals surface area contributed by atoms with E-state index >= 15 is 0 Å². The molecule has 0 unspecified atom stereocenters. The van der Waals surface area contributed by atoms with E-state index in [-0.39, 0.29) is 0 Å². The van der Waals surface area contributed by atoms with E-state index in [1.807, 2.05) is 36.4 Å². The molecule has 0 saturated carbocycles. The Labute approximate surface area is 165 Å². The molecule has 0 bridgehead atoms. The summed E-state index contributed by atoms with van der Waals surface area (Å²) in [4.78, 5) is 11.1. The van der Waals surface area contributed by atoms with Gasteiger partial charge in [0.2, 0.25) is 0 Å². The van der Waals surface area contributed by atoms with Crippen molar-refractivity contribution in [2.45, 2.75) is 0 Å². The van der Waals surface area contributed by atoms with E-state index in [1.165, 1.54) is 9.75 Å². The lowest BCUT2D eigenvalue weighted by atomic mass is 10.2. The first-order chi connectivity index (χ1) is 13.4. The average molecular weight is 392 g/mol. The highest BCUT2D eigenvalue weighted by atomic mass is 32.1. The number of aromatic amines is 1. The van der Waals surface area contributed by atoms with Gasteiger partial charge in [-0.3, -0.25) is 15.1 Å². The van der Waals surface area contributed by atoms with Crippen LogP contribution >= 0.6 is 22.7 Å². The van der Waals surface area contributed by atoms with E-state index in [0.29, 0.717) is 0 Å². The van der Waals surface area contributed by atoms with E-state index in [1.54, 1.807) is 47.5 Å². The lowest BCUT2D eigenvalue weighted by molar-refractivity contribution is 0.940. The van der Waals surface area contributed by atoms with Crippen LogP contribution in [0.3, 0.4) is 0 Å². The second kappa shape index (κ2) is 10.7. The van der Waals surface area contributed by atoms with Crippen LogP contribution < -0.4 is 0 Å². The molecule has 0 aliphatic carbocycles. The molecule has 134 valence electrons. The normalized spacial score (nSPS) is 9.48. The summed E-state index contributed by atoms with van der Waals surface area (Å²) in [6.07, 6.45) is 6.77. The van der Waals surface area contributed by atoms with E-state index in [0.717, 1.165) is 11.4 Å². The minimum absolute atomic E-state index is 0.915. The molecule has 0 atom stereocenters. The Morgan fingerprint density at radius 1 is 0.630 bits per heavy atom. The third-order valence-electron chi connectivity index (χ3n) is 3.21. The molecule has 5 nitrogen and oxygen atoms in total. The zero-order valence-electron chi connectivity index (χ0n) is 14.3. The number of rotatable bonds is 2. The largest absolute Gasteiger partial charge is 0.266 e. The average Bonchev–Trinajstić information content (AvgIpc) is 3.54. The van der Waals surface area contributed by atoms with Crippen LogP contribution in [0.5, 0.6) is 0 Å². The van der Waals surface area contributed by atoms with Gasteiger partial charge in [0.1, 0.15) is 0 Å². The molecule has 0 amide bonds. The van der Waals surface area contributed by atoms with Crippen LogP contribution in [0.2, 0.25) is 0 Å². The van der Waals surface area contributed by atoms with Gasteiger partial charge < -0.3 is 0 Å². The predicted octanol–water partition coefficient (Wildman–Crippen LogP) is 5.42. The molecule has 5 heterocycles. The summed E-state index contributed by atoms with van der Waals surface area (Å²) in [7, 11) is 0. The summed E-state index contributed by atoms with van der Waals surface area (Å²) in [6, 6.07) is 20.1. The van der Waals surface area contributed by atoms with Gasteiger partial charge in [0.15, 0.2) is 0 Å². The minimum atomic E-state index is 0.915. The van der Waals surface area contributed by atoms with Gasteiger partial charge in [-0.2, -0.15) is 0 Å². The van der Waals surface area contributed by atoms with Crippen LogP contribution in [0.25, 0.3) is 21.1 Å². The summed E-state index contributed by atoms with van der Waals surface area (Å²) in [6.45, 7) is 0. The maximum absolute atomic E-state index is 4.19. The number of hydrogen-bond donors (Lipinski definition) is 1. The van der Waals surface area contributed by atoms with Crippen molar-refractivity contribution >= 4 is 22.7 Å². The molecule has 0 radical (unpaired) electrons. The van der Waals surface area contributed by atoms with Crippen molar-refractivity contribution in [1.29, 1.82) is 0 Å². The smallest absolute Gasteiger partial charge is 0.0886 e. The molecule has 0 aromatic carbocycles. The molecule has 0 aliphatic heterocycles. The van der Waals surface area contributed by atoms with Gasteiger partial charge in [-0.1, -0.05) is 29.5 Å². The molecule has 1 N–H and O–H groups in total. The van der Waals surface area contributed by atoms with Crippen molar-refractivity contribution in [2.24, 2.45) is 0 Å². The number of H-pyrrole nitrogens is 1. The molecular formula is C20H17N5S2. The maximum Gasteiger partial charge on any atom is 0.0886 e. The van der Waals surface area contributed by atoms with Crippen LogP contribution in [0.15, 0.2) is 96.2 Å². The Kier molecular flexibility index (Phi) is 7.41. The van der Waals surface area contributed by atoms with Crippen LogP contribution in [0.4, 0.5) is 0 Å². The highest BCUT2D eigenvalue weighted by molar-refractivity contribution is 7.20. The Morgan fingerprint density at radius 2 is 1.22 bits per heavy atom. The molecule has 0 spiro atoms. The summed E-state index contributed by atoms with van der Waals surface area (Å²) in [5.41, 5.74) is 1.83. The first kappa shape index (κ1) is 18.6. The summed E-state index contributed by atoms with van der Waals surface area (Å²) >= 11 is 3.58. The van der Waals surface area contributed by atoms with Crippen LogP contribution in [0.1, 0.15) is 0 Å². The Bertz CT molecular complexity index is 865. The molecule has 5 aromatic heterocycles. The topological polar surface area (TPSA) is 67.3 Å². The zero-order valence-corrected chi connectivity index (χ0v) is 16.0. The van der Waals surface area contributed by atoms with Gasteiger partial charge >= 0.3 is 0 Å². The fourth-order valence-corrected chi connectivity index (χ4v) is 3.61. The molecule has 0 fully saturated rings. The number of hydrogen-bond acceptors (Lipinski definition) is 6. The van der Waals surface area contributed by atoms with Crippen LogP contribution in [0, 0.1) is 0 Å². The molecule has 0 saturated heterocycles. The van der Waals surface area contributed by atoms with Crippen LogP contribution in [-0.4, -0.2) is 25.4 Å². The quantitative estimate of drug-likeness (QED) is 0.436. The predicted molar refractivity (Wildman–Crippen MR) is 111 cm³/mol. The standard InChI is InChI=1S/C10H8N2.C8H6S2.C2H3N3/c1-3-7-11-9(5-1)10-6-2-4-8-12-10;1-3-7(9-5-1)8-4-2-6-10-8;1-2-4-5-3-1/h1-8H;1-6H;1-2H,(H,3,4,5). The van der Waals surface area contributed by atoms with E-state index in [4.69, 9.17) is 0 Å². The van der Waals surface area contributed by atoms with E-state index in [2.05, 4.69) is 60.4 Å². The molecule has 5 rings (SSSR count). The highest BCUT2D eigenvalue weighted by Gasteiger charge is 1.96. The van der Waals surface area contributed by atoms with E-state index < -0.39 is 0 Å². The second-order valence-corrected chi connectivity index (χ2v) is 6.94. The van der Waals surface area contributed by atoms with Crippen LogP contribution in [-0.2, 0) is 0 Å².